The molecule has 1 N–H and O–H groups in total. The molecule has 0 bridgehead atoms. The maximum absolute atomic E-state index is 12.0. The van der Waals surface area contributed by atoms with Gasteiger partial charge in [-0.1, -0.05) is 23.7 Å². The minimum absolute atomic E-state index is 0.0121. The van der Waals surface area contributed by atoms with E-state index in [1.54, 1.807) is 42.5 Å². The second-order valence-electron chi connectivity index (χ2n) is 3.90. The Bertz CT molecular complexity index is 579. The first-order chi connectivity index (χ1) is 8.56. The molecule has 0 saturated heterocycles. The molecule has 0 saturated carbocycles. The van der Waals surface area contributed by atoms with Gasteiger partial charge in [0.2, 0.25) is 0 Å². The number of carbonyl (C=O) groups is 1. The maximum atomic E-state index is 12.0. The molecule has 2 nitrogen and oxygen atoms in total. The first-order valence-corrected chi connectivity index (χ1v) is 6.49. The third kappa shape index (κ3) is 3.12. The maximum Gasteiger partial charge on any atom is 0.167 e. The van der Waals surface area contributed by atoms with Crippen LogP contribution in [-0.2, 0) is 6.42 Å². The number of benzene rings is 2. The van der Waals surface area contributed by atoms with Gasteiger partial charge in [-0.2, -0.15) is 0 Å². The summed E-state index contributed by atoms with van der Waals surface area (Å²) < 4.78 is 0.709. The molecule has 18 heavy (non-hydrogen) atoms. The smallest absolute Gasteiger partial charge is 0.167 e. The van der Waals surface area contributed by atoms with Crippen molar-refractivity contribution < 1.29 is 9.90 Å². The molecule has 0 aromatic heterocycles. The summed E-state index contributed by atoms with van der Waals surface area (Å²) in [6.45, 7) is 0. The lowest BCUT2D eigenvalue weighted by molar-refractivity contribution is 0.0993. The summed E-state index contributed by atoms with van der Waals surface area (Å²) in [5.41, 5.74) is 1.48. The van der Waals surface area contributed by atoms with E-state index in [9.17, 15) is 4.79 Å². The first-order valence-electron chi connectivity index (χ1n) is 5.32. The van der Waals surface area contributed by atoms with Crippen molar-refractivity contribution in [2.75, 3.05) is 0 Å². The van der Waals surface area contributed by atoms with E-state index in [0.29, 0.717) is 21.5 Å². The average molecular weight is 326 g/mol. The molecule has 2 aromatic carbocycles. The van der Waals surface area contributed by atoms with Crippen LogP contribution in [0.3, 0.4) is 0 Å². The Morgan fingerprint density at radius 3 is 2.44 bits per heavy atom. The van der Waals surface area contributed by atoms with Gasteiger partial charge in [-0.15, -0.1) is 0 Å². The zero-order chi connectivity index (χ0) is 13.1. The molecular formula is C14H10BrClO2. The van der Waals surface area contributed by atoms with Crippen LogP contribution in [0.25, 0.3) is 0 Å². The quantitative estimate of drug-likeness (QED) is 0.857. The molecule has 0 radical (unpaired) electrons. The SMILES string of the molecule is O=C(Cc1ccc(O)cc1)c1ccc(Cl)c(Br)c1. The van der Waals surface area contributed by atoms with Crippen molar-refractivity contribution in [3.05, 3.63) is 63.1 Å². The summed E-state index contributed by atoms with van der Waals surface area (Å²) in [4.78, 5) is 12.0. The van der Waals surface area contributed by atoms with Crippen LogP contribution < -0.4 is 0 Å². The van der Waals surface area contributed by atoms with Crippen LogP contribution >= 0.6 is 27.5 Å². The third-order valence-electron chi connectivity index (χ3n) is 2.54. The van der Waals surface area contributed by atoms with Gasteiger partial charge in [-0.3, -0.25) is 4.79 Å². The summed E-state index contributed by atoms with van der Waals surface area (Å²) in [6.07, 6.45) is 0.300. The molecule has 2 aromatic rings. The van der Waals surface area contributed by atoms with Crippen LogP contribution in [0, 0.1) is 0 Å². The highest BCUT2D eigenvalue weighted by Gasteiger charge is 2.09. The number of phenolic OH excluding ortho intramolecular Hbond substituents is 1. The molecule has 0 aliphatic carbocycles. The van der Waals surface area contributed by atoms with E-state index in [0.717, 1.165) is 5.56 Å². The van der Waals surface area contributed by atoms with E-state index >= 15 is 0 Å². The number of rotatable bonds is 3. The number of phenols is 1. The number of halogens is 2. The van der Waals surface area contributed by atoms with Gasteiger partial charge in [0.15, 0.2) is 5.78 Å². The summed E-state index contributed by atoms with van der Waals surface area (Å²) >= 11 is 9.17. The molecule has 2 rings (SSSR count). The molecule has 4 heteroatoms. The standard InChI is InChI=1S/C14H10BrClO2/c15-12-8-10(3-6-13(12)16)14(18)7-9-1-4-11(17)5-2-9/h1-6,8,17H,7H2. The molecule has 92 valence electrons. The predicted octanol–water partition coefficient (Wildman–Crippen LogP) is 4.23. The normalized spacial score (nSPS) is 10.3. The van der Waals surface area contributed by atoms with Crippen LogP contribution in [-0.4, -0.2) is 10.9 Å². The summed E-state index contributed by atoms with van der Waals surface area (Å²) in [5.74, 6) is 0.207. The zero-order valence-corrected chi connectivity index (χ0v) is 11.7. The first kappa shape index (κ1) is 13.1. The Labute approximate surface area is 118 Å². The van der Waals surface area contributed by atoms with Crippen molar-refractivity contribution in [2.45, 2.75) is 6.42 Å². The fourth-order valence-electron chi connectivity index (χ4n) is 1.57. The van der Waals surface area contributed by atoms with Crippen molar-refractivity contribution >= 4 is 33.3 Å². The number of carbonyl (C=O) groups excluding carboxylic acids is 1. The largest absolute Gasteiger partial charge is 0.508 e. The number of hydrogen-bond donors (Lipinski definition) is 1. The zero-order valence-electron chi connectivity index (χ0n) is 9.36. The van der Waals surface area contributed by atoms with Crippen LogP contribution in [0.2, 0.25) is 5.02 Å². The van der Waals surface area contributed by atoms with Gasteiger partial charge >= 0.3 is 0 Å². The number of hydrogen-bond acceptors (Lipinski definition) is 2. The Balaban J connectivity index is 2.16. The second-order valence-corrected chi connectivity index (χ2v) is 5.16. The molecule has 0 aliphatic heterocycles. The van der Waals surface area contributed by atoms with Gasteiger partial charge in [0.05, 0.1) is 5.02 Å². The van der Waals surface area contributed by atoms with Crippen molar-refractivity contribution in [3.8, 4) is 5.75 Å². The van der Waals surface area contributed by atoms with Gasteiger partial charge in [-0.05, 0) is 51.8 Å². The molecule has 0 spiro atoms. The lowest BCUT2D eigenvalue weighted by atomic mass is 10.0. The third-order valence-corrected chi connectivity index (χ3v) is 3.76. The monoisotopic (exact) mass is 324 g/mol. The summed E-state index contributed by atoms with van der Waals surface area (Å²) in [6, 6.07) is 11.7. The Kier molecular flexibility index (Phi) is 4.04. The highest BCUT2D eigenvalue weighted by atomic mass is 79.9. The van der Waals surface area contributed by atoms with Gasteiger partial charge < -0.3 is 5.11 Å². The summed E-state index contributed by atoms with van der Waals surface area (Å²) in [7, 11) is 0. The van der Waals surface area contributed by atoms with Gasteiger partial charge in [-0.25, -0.2) is 0 Å². The van der Waals surface area contributed by atoms with E-state index in [-0.39, 0.29) is 11.5 Å². The molecule has 0 amide bonds. The lowest BCUT2D eigenvalue weighted by Crippen LogP contribution is -2.03. The fourth-order valence-corrected chi connectivity index (χ4v) is 2.07. The highest BCUT2D eigenvalue weighted by molar-refractivity contribution is 9.10. The van der Waals surface area contributed by atoms with Crippen molar-refractivity contribution in [2.24, 2.45) is 0 Å². The van der Waals surface area contributed by atoms with Crippen molar-refractivity contribution in [1.82, 2.24) is 0 Å². The topological polar surface area (TPSA) is 37.3 Å². The molecule has 0 unspecified atom stereocenters. The Hall–Kier alpha value is -1.32. The Morgan fingerprint density at radius 2 is 1.83 bits per heavy atom. The minimum atomic E-state index is 0.0121. The van der Waals surface area contributed by atoms with E-state index in [2.05, 4.69) is 15.9 Å². The van der Waals surface area contributed by atoms with Gasteiger partial charge in [0, 0.05) is 16.5 Å². The van der Waals surface area contributed by atoms with Crippen molar-refractivity contribution in [3.63, 3.8) is 0 Å². The van der Waals surface area contributed by atoms with E-state index in [1.807, 2.05) is 0 Å². The van der Waals surface area contributed by atoms with Crippen LogP contribution in [0.15, 0.2) is 46.9 Å². The van der Waals surface area contributed by atoms with Crippen molar-refractivity contribution in [1.29, 1.82) is 0 Å². The number of ketones is 1. The van der Waals surface area contributed by atoms with E-state index in [1.165, 1.54) is 0 Å². The molecular weight excluding hydrogens is 316 g/mol. The molecule has 0 aliphatic rings. The number of Topliss-reactive ketones (excluding diaryl/α,β-unsaturated/α-hetero) is 1. The van der Waals surface area contributed by atoms with Crippen LogP contribution in [0.1, 0.15) is 15.9 Å². The predicted molar refractivity (Wildman–Crippen MR) is 75.3 cm³/mol. The van der Waals surface area contributed by atoms with E-state index in [4.69, 9.17) is 16.7 Å². The fraction of sp³-hybridized carbons (Fsp3) is 0.0714. The van der Waals surface area contributed by atoms with Crippen LogP contribution in [0.4, 0.5) is 0 Å². The average Bonchev–Trinajstić information content (AvgIpc) is 2.35. The molecule has 0 fully saturated rings. The lowest BCUT2D eigenvalue weighted by Gasteiger charge is -2.03. The highest BCUT2D eigenvalue weighted by Crippen LogP contribution is 2.24. The van der Waals surface area contributed by atoms with E-state index < -0.39 is 0 Å². The van der Waals surface area contributed by atoms with Crippen LogP contribution in [0.5, 0.6) is 5.75 Å². The van der Waals surface area contributed by atoms with Gasteiger partial charge in [0.25, 0.3) is 0 Å². The second kappa shape index (κ2) is 5.55. The Morgan fingerprint density at radius 1 is 1.17 bits per heavy atom. The van der Waals surface area contributed by atoms with Gasteiger partial charge in [0.1, 0.15) is 5.75 Å². The minimum Gasteiger partial charge on any atom is -0.508 e. The molecule has 0 heterocycles. The molecule has 0 atom stereocenters. The summed E-state index contributed by atoms with van der Waals surface area (Å²) in [5, 5.41) is 9.75. The number of aromatic hydroxyl groups is 1.